The molecule has 2 aliphatic heterocycles. The highest BCUT2D eigenvalue weighted by Gasteiger charge is 2.25. The Morgan fingerprint density at radius 2 is 1.88 bits per heavy atom. The van der Waals surface area contributed by atoms with Crippen LogP contribution in [-0.4, -0.2) is 49.7 Å². The van der Waals surface area contributed by atoms with Crippen molar-refractivity contribution in [1.82, 2.24) is 15.5 Å². The molecule has 0 spiro atoms. The average molecular weight is 248 g/mol. The number of rotatable bonds is 2. The molecule has 0 bridgehead atoms. The molecule has 0 saturated carbocycles. The number of nitrogens with one attached hydrogen (secondary N) is 2. The Balaban J connectivity index is 0.00000128. The molecule has 16 heavy (non-hydrogen) atoms. The van der Waals surface area contributed by atoms with Crippen molar-refractivity contribution < 1.29 is 0 Å². The van der Waals surface area contributed by atoms with Crippen LogP contribution in [0.1, 0.15) is 26.7 Å². The summed E-state index contributed by atoms with van der Waals surface area (Å²) in [6, 6.07) is 1.39. The molecule has 2 fully saturated rings. The molecule has 0 aromatic carbocycles. The van der Waals surface area contributed by atoms with Crippen LogP contribution in [0.25, 0.3) is 0 Å². The lowest BCUT2D eigenvalue weighted by molar-refractivity contribution is 0.115. The van der Waals surface area contributed by atoms with Crippen molar-refractivity contribution in [2.45, 2.75) is 38.8 Å². The summed E-state index contributed by atoms with van der Waals surface area (Å²) in [6.07, 6.45) is 2.73. The van der Waals surface area contributed by atoms with Gasteiger partial charge in [0.15, 0.2) is 0 Å². The van der Waals surface area contributed by atoms with Crippen LogP contribution >= 0.6 is 12.4 Å². The van der Waals surface area contributed by atoms with Crippen LogP contribution in [0.4, 0.5) is 0 Å². The van der Waals surface area contributed by atoms with Crippen molar-refractivity contribution in [3.63, 3.8) is 0 Å². The molecule has 2 heterocycles. The van der Waals surface area contributed by atoms with Crippen LogP contribution < -0.4 is 10.6 Å². The number of nitrogens with zero attached hydrogens (tertiary/aromatic N) is 1. The van der Waals surface area contributed by atoms with Gasteiger partial charge in [0.05, 0.1) is 0 Å². The van der Waals surface area contributed by atoms with Crippen LogP contribution in [0.5, 0.6) is 0 Å². The Bertz CT molecular complexity index is 195. The fourth-order valence-electron chi connectivity index (χ4n) is 2.75. The van der Waals surface area contributed by atoms with Gasteiger partial charge in [0.2, 0.25) is 0 Å². The van der Waals surface area contributed by atoms with E-state index in [0.29, 0.717) is 6.04 Å². The van der Waals surface area contributed by atoms with Crippen molar-refractivity contribution in [2.24, 2.45) is 5.92 Å². The maximum Gasteiger partial charge on any atom is 0.0193 e. The summed E-state index contributed by atoms with van der Waals surface area (Å²) in [6.45, 7) is 10.8. The second-order valence-corrected chi connectivity index (χ2v) is 5.31. The van der Waals surface area contributed by atoms with E-state index in [1.54, 1.807) is 0 Å². The zero-order chi connectivity index (χ0) is 10.7. The maximum atomic E-state index is 3.54. The minimum Gasteiger partial charge on any atom is -0.317 e. The third-order valence-corrected chi connectivity index (χ3v) is 3.84. The lowest BCUT2D eigenvalue weighted by atomic mass is 9.96. The molecule has 2 aliphatic rings. The largest absolute Gasteiger partial charge is 0.317 e. The SMILES string of the molecule is CC1CN(CC2CCNCC2)C(C)CN1.Cl. The summed E-state index contributed by atoms with van der Waals surface area (Å²) in [5.74, 6) is 0.930. The summed E-state index contributed by atoms with van der Waals surface area (Å²) in [5, 5.41) is 6.99. The van der Waals surface area contributed by atoms with E-state index in [1.165, 1.54) is 39.0 Å². The lowest BCUT2D eigenvalue weighted by Crippen LogP contribution is -2.55. The van der Waals surface area contributed by atoms with Gasteiger partial charge in [-0.3, -0.25) is 4.90 Å². The normalized spacial score (nSPS) is 33.4. The molecule has 0 aliphatic carbocycles. The van der Waals surface area contributed by atoms with Crippen molar-refractivity contribution >= 4 is 12.4 Å². The van der Waals surface area contributed by atoms with E-state index < -0.39 is 0 Å². The lowest BCUT2D eigenvalue weighted by Gasteiger charge is -2.40. The molecule has 3 nitrogen and oxygen atoms in total. The predicted molar refractivity (Wildman–Crippen MR) is 71.3 cm³/mol. The summed E-state index contributed by atoms with van der Waals surface area (Å²) in [4.78, 5) is 2.68. The highest BCUT2D eigenvalue weighted by atomic mass is 35.5. The Morgan fingerprint density at radius 1 is 1.19 bits per heavy atom. The zero-order valence-electron chi connectivity index (χ0n) is 10.5. The van der Waals surface area contributed by atoms with E-state index in [-0.39, 0.29) is 12.4 Å². The van der Waals surface area contributed by atoms with Gasteiger partial charge in [0.25, 0.3) is 0 Å². The van der Waals surface area contributed by atoms with Crippen LogP contribution in [-0.2, 0) is 0 Å². The van der Waals surface area contributed by atoms with E-state index in [9.17, 15) is 0 Å². The molecule has 2 N–H and O–H groups in total. The number of piperidine rings is 1. The summed E-state index contributed by atoms with van der Waals surface area (Å²) < 4.78 is 0. The van der Waals surface area contributed by atoms with Crippen LogP contribution in [0.15, 0.2) is 0 Å². The molecule has 0 radical (unpaired) electrons. The first kappa shape index (κ1) is 14.2. The highest BCUT2D eigenvalue weighted by molar-refractivity contribution is 5.85. The molecular formula is C12H26ClN3. The van der Waals surface area contributed by atoms with Crippen molar-refractivity contribution in [1.29, 1.82) is 0 Å². The Morgan fingerprint density at radius 3 is 2.56 bits per heavy atom. The zero-order valence-corrected chi connectivity index (χ0v) is 11.4. The molecule has 2 unspecified atom stereocenters. The van der Waals surface area contributed by atoms with Gasteiger partial charge in [-0.2, -0.15) is 0 Å². The van der Waals surface area contributed by atoms with Gasteiger partial charge < -0.3 is 10.6 Å². The van der Waals surface area contributed by atoms with E-state index >= 15 is 0 Å². The molecule has 0 aromatic heterocycles. The van der Waals surface area contributed by atoms with Crippen molar-refractivity contribution in [3.05, 3.63) is 0 Å². The number of piperazine rings is 1. The van der Waals surface area contributed by atoms with Gasteiger partial charge in [-0.1, -0.05) is 0 Å². The smallest absolute Gasteiger partial charge is 0.0193 e. The topological polar surface area (TPSA) is 27.3 Å². The van der Waals surface area contributed by atoms with Gasteiger partial charge in [-0.15, -0.1) is 12.4 Å². The number of hydrogen-bond acceptors (Lipinski definition) is 3. The predicted octanol–water partition coefficient (Wildman–Crippen LogP) is 1.09. The Hall–Kier alpha value is 0.170. The van der Waals surface area contributed by atoms with Gasteiger partial charge in [-0.25, -0.2) is 0 Å². The maximum absolute atomic E-state index is 3.54. The molecule has 96 valence electrons. The first-order valence-electron chi connectivity index (χ1n) is 6.44. The minimum absolute atomic E-state index is 0. The van der Waals surface area contributed by atoms with Gasteiger partial charge in [0, 0.05) is 31.7 Å². The number of halogens is 1. The quantitative estimate of drug-likeness (QED) is 0.765. The van der Waals surface area contributed by atoms with Crippen LogP contribution in [0.3, 0.4) is 0 Å². The molecule has 0 amide bonds. The third kappa shape index (κ3) is 3.88. The van der Waals surface area contributed by atoms with Crippen molar-refractivity contribution in [2.75, 3.05) is 32.7 Å². The van der Waals surface area contributed by atoms with E-state index in [2.05, 4.69) is 29.4 Å². The van der Waals surface area contributed by atoms with Crippen LogP contribution in [0.2, 0.25) is 0 Å². The van der Waals surface area contributed by atoms with Crippen LogP contribution in [0, 0.1) is 5.92 Å². The minimum atomic E-state index is 0. The number of hydrogen-bond donors (Lipinski definition) is 2. The van der Waals surface area contributed by atoms with Gasteiger partial charge in [0.1, 0.15) is 0 Å². The van der Waals surface area contributed by atoms with E-state index in [1.807, 2.05) is 0 Å². The third-order valence-electron chi connectivity index (χ3n) is 3.84. The average Bonchev–Trinajstić information content (AvgIpc) is 2.25. The summed E-state index contributed by atoms with van der Waals surface area (Å²) in [7, 11) is 0. The molecule has 2 saturated heterocycles. The fourth-order valence-corrected chi connectivity index (χ4v) is 2.75. The molecule has 4 heteroatoms. The van der Waals surface area contributed by atoms with Crippen molar-refractivity contribution in [3.8, 4) is 0 Å². The van der Waals surface area contributed by atoms with Gasteiger partial charge >= 0.3 is 0 Å². The summed E-state index contributed by atoms with van der Waals surface area (Å²) in [5.41, 5.74) is 0. The molecular weight excluding hydrogens is 222 g/mol. The van der Waals surface area contributed by atoms with Gasteiger partial charge in [-0.05, 0) is 45.7 Å². The summed E-state index contributed by atoms with van der Waals surface area (Å²) >= 11 is 0. The van der Waals surface area contributed by atoms with E-state index in [0.717, 1.165) is 18.5 Å². The highest BCUT2D eigenvalue weighted by Crippen LogP contribution is 2.16. The fraction of sp³-hybridized carbons (Fsp3) is 1.00. The first-order chi connectivity index (χ1) is 7.25. The molecule has 2 atom stereocenters. The Kier molecular flexibility index (Phi) is 6.05. The second kappa shape index (κ2) is 6.80. The molecule has 0 aromatic rings. The standard InChI is InChI=1S/C12H25N3.ClH/c1-10-8-15(11(2)7-14-10)9-12-3-5-13-6-4-12;/h10-14H,3-9H2,1-2H3;1H. The second-order valence-electron chi connectivity index (χ2n) is 5.31. The monoisotopic (exact) mass is 247 g/mol. The Labute approximate surface area is 106 Å². The van der Waals surface area contributed by atoms with E-state index in [4.69, 9.17) is 0 Å². The first-order valence-corrected chi connectivity index (χ1v) is 6.44. The molecule has 2 rings (SSSR count).